The summed E-state index contributed by atoms with van der Waals surface area (Å²) in [6, 6.07) is 13.2. The third kappa shape index (κ3) is 3.58. The van der Waals surface area contributed by atoms with Crippen molar-refractivity contribution >= 4 is 44.2 Å². The summed E-state index contributed by atoms with van der Waals surface area (Å²) in [5.41, 5.74) is 2.53. The van der Waals surface area contributed by atoms with Crippen LogP contribution in [0, 0.1) is 0 Å². The van der Waals surface area contributed by atoms with Crippen molar-refractivity contribution in [2.45, 2.75) is 6.92 Å². The largest absolute Gasteiger partial charge is 0.495 e. The highest BCUT2D eigenvalue weighted by Gasteiger charge is 2.18. The second-order valence-corrected chi connectivity index (χ2v) is 6.17. The van der Waals surface area contributed by atoms with E-state index >= 15 is 0 Å². The summed E-state index contributed by atoms with van der Waals surface area (Å²) in [6.45, 7) is 2.07. The van der Waals surface area contributed by atoms with Crippen LogP contribution in [0.2, 0.25) is 0 Å². The molecule has 2 aromatic carbocycles. The molecule has 0 bridgehead atoms. The number of halogens is 1. The minimum Gasteiger partial charge on any atom is -0.495 e. The monoisotopic (exact) mass is 400 g/mol. The lowest BCUT2D eigenvalue weighted by molar-refractivity contribution is 0.0527. The molecule has 0 aliphatic rings. The summed E-state index contributed by atoms with van der Waals surface area (Å²) in [5.74, 6) is 0.256. The highest BCUT2D eigenvalue weighted by molar-refractivity contribution is 9.10. The lowest BCUT2D eigenvalue weighted by Crippen LogP contribution is -2.09. The quantitative estimate of drug-likeness (QED) is 0.615. The van der Waals surface area contributed by atoms with Crippen LogP contribution in [0.25, 0.3) is 10.9 Å². The van der Waals surface area contributed by atoms with Crippen LogP contribution in [0.15, 0.2) is 53.1 Å². The van der Waals surface area contributed by atoms with E-state index in [1.165, 1.54) is 6.20 Å². The van der Waals surface area contributed by atoms with Crippen molar-refractivity contribution < 1.29 is 14.3 Å². The zero-order chi connectivity index (χ0) is 17.8. The molecule has 25 heavy (non-hydrogen) atoms. The molecule has 0 saturated heterocycles. The predicted octanol–water partition coefficient (Wildman–Crippen LogP) is 4.93. The Labute approximate surface area is 154 Å². The number of carbonyl (C=O) groups excluding carboxylic acids is 1. The third-order valence-electron chi connectivity index (χ3n) is 3.69. The summed E-state index contributed by atoms with van der Waals surface area (Å²) >= 11 is 3.48. The summed E-state index contributed by atoms with van der Waals surface area (Å²) in [6.07, 6.45) is 1.53. The van der Waals surface area contributed by atoms with Crippen LogP contribution in [0.3, 0.4) is 0 Å². The Bertz CT molecular complexity index is 928. The molecule has 0 amide bonds. The molecule has 1 heterocycles. The van der Waals surface area contributed by atoms with Crippen molar-refractivity contribution in [3.8, 4) is 5.75 Å². The molecule has 6 heteroatoms. The molecule has 0 radical (unpaired) electrons. The molecule has 0 aliphatic carbocycles. The van der Waals surface area contributed by atoms with Crippen LogP contribution < -0.4 is 10.1 Å². The number of fused-ring (bicyclic) bond motifs is 1. The Morgan fingerprint density at radius 3 is 2.80 bits per heavy atom. The van der Waals surface area contributed by atoms with Crippen LogP contribution in [-0.4, -0.2) is 24.7 Å². The molecule has 0 fully saturated rings. The first-order valence-corrected chi connectivity index (χ1v) is 8.58. The molecule has 3 rings (SSSR count). The Kier molecular flexibility index (Phi) is 5.19. The molecule has 0 saturated carbocycles. The highest BCUT2D eigenvalue weighted by atomic mass is 79.9. The van der Waals surface area contributed by atoms with E-state index in [9.17, 15) is 4.79 Å². The average Bonchev–Trinajstić information content (AvgIpc) is 2.62. The van der Waals surface area contributed by atoms with Gasteiger partial charge in [-0.15, -0.1) is 0 Å². The molecular formula is C19H17BrN2O3. The maximum Gasteiger partial charge on any atom is 0.341 e. The maximum absolute atomic E-state index is 12.4. The minimum absolute atomic E-state index is 0.295. The summed E-state index contributed by atoms with van der Waals surface area (Å²) in [7, 11) is 1.61. The number of hydrogen-bond acceptors (Lipinski definition) is 5. The van der Waals surface area contributed by atoms with Gasteiger partial charge in [0.2, 0.25) is 0 Å². The van der Waals surface area contributed by atoms with Crippen LogP contribution in [0.5, 0.6) is 5.75 Å². The Morgan fingerprint density at radius 1 is 1.24 bits per heavy atom. The number of pyridine rings is 1. The Hall–Kier alpha value is -2.60. The van der Waals surface area contributed by atoms with Gasteiger partial charge in [-0.1, -0.05) is 28.1 Å². The number of ether oxygens (including phenoxy) is 2. The summed E-state index contributed by atoms with van der Waals surface area (Å²) < 4.78 is 11.5. The smallest absolute Gasteiger partial charge is 0.341 e. The van der Waals surface area contributed by atoms with Crippen LogP contribution in [0.1, 0.15) is 17.3 Å². The number of rotatable bonds is 5. The Balaban J connectivity index is 2.19. The van der Waals surface area contributed by atoms with Gasteiger partial charge >= 0.3 is 5.97 Å². The van der Waals surface area contributed by atoms with E-state index in [4.69, 9.17) is 9.47 Å². The molecule has 0 atom stereocenters. The molecule has 0 unspecified atom stereocenters. The van der Waals surface area contributed by atoms with E-state index in [1.807, 2.05) is 42.5 Å². The second-order valence-electron chi connectivity index (χ2n) is 5.25. The normalized spacial score (nSPS) is 10.5. The molecule has 3 aromatic rings. The maximum atomic E-state index is 12.4. The van der Waals surface area contributed by atoms with Crippen molar-refractivity contribution in [3.63, 3.8) is 0 Å². The van der Waals surface area contributed by atoms with Gasteiger partial charge in [0, 0.05) is 16.1 Å². The predicted molar refractivity (Wildman–Crippen MR) is 102 cm³/mol. The molecule has 0 aliphatic heterocycles. The van der Waals surface area contributed by atoms with Crippen molar-refractivity contribution in [1.29, 1.82) is 0 Å². The average molecular weight is 401 g/mol. The number of para-hydroxylation sites is 2. The van der Waals surface area contributed by atoms with E-state index in [1.54, 1.807) is 14.0 Å². The lowest BCUT2D eigenvalue weighted by atomic mass is 10.1. The van der Waals surface area contributed by atoms with Gasteiger partial charge in [-0.25, -0.2) is 4.79 Å². The number of nitrogens with one attached hydrogen (secondary N) is 1. The number of benzene rings is 2. The number of aromatic nitrogens is 1. The molecule has 5 nitrogen and oxygen atoms in total. The van der Waals surface area contributed by atoms with E-state index in [-0.39, 0.29) is 0 Å². The Morgan fingerprint density at radius 2 is 2.04 bits per heavy atom. The fraction of sp³-hybridized carbons (Fsp3) is 0.158. The van der Waals surface area contributed by atoms with Gasteiger partial charge in [-0.2, -0.15) is 0 Å². The van der Waals surface area contributed by atoms with Gasteiger partial charge in [0.15, 0.2) is 0 Å². The standard InChI is InChI=1S/C19H17BrN2O3/c1-3-25-19(23)14-11-21-15-9-8-12(20)10-13(15)18(14)22-16-6-4-5-7-17(16)24-2/h4-11H,3H2,1-2H3,(H,21,22). The van der Waals surface area contributed by atoms with Gasteiger partial charge in [-0.05, 0) is 37.3 Å². The molecule has 1 aromatic heterocycles. The number of methoxy groups -OCH3 is 1. The molecular weight excluding hydrogens is 384 g/mol. The van der Waals surface area contributed by atoms with Crippen molar-refractivity contribution in [2.75, 3.05) is 19.0 Å². The number of hydrogen-bond donors (Lipinski definition) is 1. The third-order valence-corrected chi connectivity index (χ3v) is 4.19. The van der Waals surface area contributed by atoms with E-state index in [0.717, 1.165) is 21.1 Å². The van der Waals surface area contributed by atoms with E-state index < -0.39 is 5.97 Å². The summed E-state index contributed by atoms with van der Waals surface area (Å²) in [4.78, 5) is 16.8. The van der Waals surface area contributed by atoms with Crippen LogP contribution in [0.4, 0.5) is 11.4 Å². The summed E-state index contributed by atoms with van der Waals surface area (Å²) in [5, 5.41) is 4.13. The number of nitrogens with zero attached hydrogens (tertiary/aromatic N) is 1. The molecule has 128 valence electrons. The highest BCUT2D eigenvalue weighted by Crippen LogP contribution is 2.34. The first-order valence-electron chi connectivity index (χ1n) is 7.79. The van der Waals surface area contributed by atoms with E-state index in [2.05, 4.69) is 26.2 Å². The van der Waals surface area contributed by atoms with Gasteiger partial charge in [0.25, 0.3) is 0 Å². The van der Waals surface area contributed by atoms with Crippen molar-refractivity contribution in [3.05, 3.63) is 58.7 Å². The van der Waals surface area contributed by atoms with Gasteiger partial charge in [-0.3, -0.25) is 4.98 Å². The number of esters is 1. The van der Waals surface area contributed by atoms with Gasteiger partial charge in [0.1, 0.15) is 11.3 Å². The van der Waals surface area contributed by atoms with E-state index in [0.29, 0.717) is 23.6 Å². The second kappa shape index (κ2) is 7.53. The minimum atomic E-state index is -0.422. The number of carbonyl (C=O) groups is 1. The fourth-order valence-electron chi connectivity index (χ4n) is 2.55. The van der Waals surface area contributed by atoms with Crippen LogP contribution >= 0.6 is 15.9 Å². The fourth-order valence-corrected chi connectivity index (χ4v) is 2.91. The topological polar surface area (TPSA) is 60.5 Å². The van der Waals surface area contributed by atoms with Gasteiger partial charge in [0.05, 0.1) is 30.6 Å². The van der Waals surface area contributed by atoms with Crippen LogP contribution in [-0.2, 0) is 4.74 Å². The first kappa shape index (κ1) is 17.2. The van der Waals surface area contributed by atoms with Crippen molar-refractivity contribution in [2.24, 2.45) is 0 Å². The number of anilines is 2. The lowest BCUT2D eigenvalue weighted by Gasteiger charge is -2.16. The zero-order valence-electron chi connectivity index (χ0n) is 13.9. The van der Waals surface area contributed by atoms with Gasteiger partial charge < -0.3 is 14.8 Å². The first-order chi connectivity index (χ1) is 12.1. The van der Waals surface area contributed by atoms with Crippen molar-refractivity contribution in [1.82, 2.24) is 4.98 Å². The molecule has 0 spiro atoms. The zero-order valence-corrected chi connectivity index (χ0v) is 15.5. The molecule has 1 N–H and O–H groups in total. The SMILES string of the molecule is CCOC(=O)c1cnc2ccc(Br)cc2c1Nc1ccccc1OC.